The fraction of sp³-hybridized carbons (Fsp3) is 0.667. The fourth-order valence-corrected chi connectivity index (χ4v) is 1.92. The van der Waals surface area contributed by atoms with Crippen LogP contribution in [0.4, 0.5) is 0 Å². The SMILES string of the molecule is Cc1ncn(CCCNCC(C)C)c(=O)c1I. The number of hydrogen-bond donors (Lipinski definition) is 1. The van der Waals surface area contributed by atoms with E-state index in [1.807, 2.05) is 6.92 Å². The summed E-state index contributed by atoms with van der Waals surface area (Å²) in [4.78, 5) is 16.1. The summed E-state index contributed by atoms with van der Waals surface area (Å²) < 4.78 is 2.41. The van der Waals surface area contributed by atoms with Gasteiger partial charge in [-0.3, -0.25) is 9.36 Å². The summed E-state index contributed by atoms with van der Waals surface area (Å²) in [5.74, 6) is 0.666. The smallest absolute Gasteiger partial charge is 0.266 e. The monoisotopic (exact) mass is 349 g/mol. The van der Waals surface area contributed by atoms with Crippen LogP contribution in [0.3, 0.4) is 0 Å². The molecule has 0 aliphatic rings. The third-order valence-corrected chi connectivity index (χ3v) is 3.70. The highest BCUT2D eigenvalue weighted by molar-refractivity contribution is 14.1. The number of aromatic nitrogens is 2. The molecule has 1 heterocycles. The van der Waals surface area contributed by atoms with Crippen LogP contribution in [0.25, 0.3) is 0 Å². The van der Waals surface area contributed by atoms with Crippen LogP contribution in [-0.4, -0.2) is 22.6 Å². The van der Waals surface area contributed by atoms with Gasteiger partial charge in [0, 0.05) is 6.54 Å². The molecule has 1 rings (SSSR count). The Labute approximate surface area is 116 Å². The van der Waals surface area contributed by atoms with E-state index in [1.165, 1.54) is 0 Å². The predicted molar refractivity (Wildman–Crippen MR) is 78.3 cm³/mol. The van der Waals surface area contributed by atoms with Crippen molar-refractivity contribution in [2.75, 3.05) is 13.1 Å². The van der Waals surface area contributed by atoms with Crippen LogP contribution in [0.5, 0.6) is 0 Å². The number of halogens is 1. The molecular formula is C12H20IN3O. The Bertz CT molecular complexity index is 415. The molecule has 0 bridgehead atoms. The molecule has 0 fully saturated rings. The largest absolute Gasteiger partial charge is 0.316 e. The van der Waals surface area contributed by atoms with Gasteiger partial charge in [0.1, 0.15) is 0 Å². The normalized spacial score (nSPS) is 11.1. The molecule has 0 atom stereocenters. The third-order valence-electron chi connectivity index (χ3n) is 2.46. The molecule has 0 saturated heterocycles. The lowest BCUT2D eigenvalue weighted by molar-refractivity contribution is 0.515. The first-order valence-electron chi connectivity index (χ1n) is 5.94. The van der Waals surface area contributed by atoms with Crippen molar-refractivity contribution in [2.45, 2.75) is 33.7 Å². The first-order valence-corrected chi connectivity index (χ1v) is 7.02. The molecule has 96 valence electrons. The second-order valence-corrected chi connectivity index (χ2v) is 5.67. The third kappa shape index (κ3) is 4.75. The van der Waals surface area contributed by atoms with E-state index in [1.54, 1.807) is 10.9 Å². The predicted octanol–water partition coefficient (Wildman–Crippen LogP) is 1.79. The van der Waals surface area contributed by atoms with Crippen LogP contribution >= 0.6 is 22.6 Å². The lowest BCUT2D eigenvalue weighted by Gasteiger charge is -2.09. The Morgan fingerprint density at radius 1 is 1.53 bits per heavy atom. The van der Waals surface area contributed by atoms with Crippen molar-refractivity contribution < 1.29 is 0 Å². The van der Waals surface area contributed by atoms with Gasteiger partial charge in [-0.25, -0.2) is 4.98 Å². The van der Waals surface area contributed by atoms with E-state index in [0.29, 0.717) is 5.92 Å². The Hall–Kier alpha value is -0.430. The number of hydrogen-bond acceptors (Lipinski definition) is 3. The molecule has 5 heteroatoms. The van der Waals surface area contributed by atoms with Crippen molar-refractivity contribution in [2.24, 2.45) is 5.92 Å². The van der Waals surface area contributed by atoms with Crippen LogP contribution in [0.2, 0.25) is 0 Å². The van der Waals surface area contributed by atoms with E-state index >= 15 is 0 Å². The van der Waals surface area contributed by atoms with Gasteiger partial charge in [0.15, 0.2) is 0 Å². The topological polar surface area (TPSA) is 46.9 Å². The fourth-order valence-electron chi connectivity index (χ4n) is 1.47. The average molecular weight is 349 g/mol. The summed E-state index contributed by atoms with van der Waals surface area (Å²) in [5, 5.41) is 3.36. The average Bonchev–Trinajstić information content (AvgIpc) is 2.28. The van der Waals surface area contributed by atoms with Crippen molar-refractivity contribution in [3.05, 3.63) is 25.9 Å². The number of nitrogens with one attached hydrogen (secondary N) is 1. The number of nitrogens with zero attached hydrogens (tertiary/aromatic N) is 2. The second kappa shape index (κ2) is 7.10. The molecule has 0 saturated carbocycles. The molecule has 0 spiro atoms. The minimum absolute atomic E-state index is 0.0713. The molecule has 0 amide bonds. The minimum Gasteiger partial charge on any atom is -0.316 e. The standard InChI is InChI=1S/C12H20IN3O/c1-9(2)7-14-5-4-6-16-8-15-10(3)11(13)12(16)17/h8-9,14H,4-7H2,1-3H3. The maximum Gasteiger partial charge on any atom is 0.266 e. The molecule has 0 radical (unpaired) electrons. The van der Waals surface area contributed by atoms with Crippen molar-refractivity contribution in [3.8, 4) is 0 Å². The van der Waals surface area contributed by atoms with Crippen LogP contribution < -0.4 is 10.9 Å². The number of aryl methyl sites for hydroxylation is 2. The quantitative estimate of drug-likeness (QED) is 0.629. The molecule has 0 unspecified atom stereocenters. The van der Waals surface area contributed by atoms with Crippen molar-refractivity contribution in [1.82, 2.24) is 14.9 Å². The zero-order valence-electron chi connectivity index (χ0n) is 10.7. The van der Waals surface area contributed by atoms with Gasteiger partial charge in [0.2, 0.25) is 0 Å². The zero-order valence-corrected chi connectivity index (χ0v) is 12.8. The summed E-state index contributed by atoms with van der Waals surface area (Å²) in [6, 6.07) is 0. The van der Waals surface area contributed by atoms with Crippen LogP contribution in [0, 0.1) is 16.4 Å². The van der Waals surface area contributed by atoms with Gasteiger partial charge >= 0.3 is 0 Å². The molecule has 17 heavy (non-hydrogen) atoms. The Kier molecular flexibility index (Phi) is 6.11. The first-order chi connectivity index (χ1) is 8.02. The van der Waals surface area contributed by atoms with Gasteiger partial charge in [-0.15, -0.1) is 0 Å². The minimum atomic E-state index is 0.0713. The second-order valence-electron chi connectivity index (χ2n) is 4.59. The Morgan fingerprint density at radius 2 is 2.24 bits per heavy atom. The van der Waals surface area contributed by atoms with Crippen molar-refractivity contribution >= 4 is 22.6 Å². The molecule has 1 N–H and O–H groups in total. The van der Waals surface area contributed by atoms with Gasteiger partial charge in [0.05, 0.1) is 15.6 Å². The molecule has 0 aliphatic carbocycles. The maximum absolute atomic E-state index is 11.9. The molecule has 4 nitrogen and oxygen atoms in total. The summed E-state index contributed by atoms with van der Waals surface area (Å²) in [5.41, 5.74) is 0.881. The summed E-state index contributed by atoms with van der Waals surface area (Å²) in [6.45, 7) is 8.92. The lowest BCUT2D eigenvalue weighted by Crippen LogP contribution is -2.27. The van der Waals surface area contributed by atoms with Crippen molar-refractivity contribution in [3.63, 3.8) is 0 Å². The lowest BCUT2D eigenvalue weighted by atomic mass is 10.2. The highest BCUT2D eigenvalue weighted by Gasteiger charge is 2.04. The number of rotatable bonds is 6. The molecule has 0 aliphatic heterocycles. The van der Waals surface area contributed by atoms with E-state index in [9.17, 15) is 4.79 Å². The zero-order chi connectivity index (χ0) is 12.8. The van der Waals surface area contributed by atoms with E-state index in [0.717, 1.165) is 35.3 Å². The van der Waals surface area contributed by atoms with E-state index in [4.69, 9.17) is 0 Å². The molecule has 0 aromatic carbocycles. The van der Waals surface area contributed by atoms with Crippen LogP contribution in [0.1, 0.15) is 26.0 Å². The molecule has 1 aromatic heterocycles. The van der Waals surface area contributed by atoms with Gasteiger partial charge in [-0.1, -0.05) is 13.8 Å². The van der Waals surface area contributed by atoms with E-state index < -0.39 is 0 Å². The first kappa shape index (κ1) is 14.6. The molecule has 1 aromatic rings. The van der Waals surface area contributed by atoms with E-state index in [-0.39, 0.29) is 5.56 Å². The van der Waals surface area contributed by atoms with Gasteiger partial charge in [0.25, 0.3) is 5.56 Å². The van der Waals surface area contributed by atoms with Gasteiger partial charge in [-0.2, -0.15) is 0 Å². The highest BCUT2D eigenvalue weighted by Crippen LogP contribution is 2.01. The van der Waals surface area contributed by atoms with Crippen LogP contribution in [0.15, 0.2) is 11.1 Å². The summed E-state index contributed by atoms with van der Waals surface area (Å²) in [6.07, 6.45) is 2.59. The van der Waals surface area contributed by atoms with Crippen LogP contribution in [-0.2, 0) is 6.54 Å². The van der Waals surface area contributed by atoms with E-state index in [2.05, 4.69) is 46.7 Å². The Balaban J connectivity index is 2.43. The maximum atomic E-state index is 11.9. The van der Waals surface area contributed by atoms with Crippen molar-refractivity contribution in [1.29, 1.82) is 0 Å². The highest BCUT2D eigenvalue weighted by atomic mass is 127. The Morgan fingerprint density at radius 3 is 2.88 bits per heavy atom. The van der Waals surface area contributed by atoms with Gasteiger partial charge < -0.3 is 5.32 Å². The summed E-state index contributed by atoms with van der Waals surface area (Å²) >= 11 is 2.06. The van der Waals surface area contributed by atoms with Gasteiger partial charge in [-0.05, 0) is 54.9 Å². The molecular weight excluding hydrogens is 329 g/mol. The summed E-state index contributed by atoms with van der Waals surface area (Å²) in [7, 11) is 0.